The average molecular weight is 386 g/mol. The van der Waals surface area contributed by atoms with Crippen molar-refractivity contribution in [3.05, 3.63) is 89.5 Å². The summed E-state index contributed by atoms with van der Waals surface area (Å²) in [6.45, 7) is 0.147. The van der Waals surface area contributed by atoms with Crippen LogP contribution in [-0.2, 0) is 0 Å². The van der Waals surface area contributed by atoms with Crippen molar-refractivity contribution in [2.45, 2.75) is 0 Å². The van der Waals surface area contributed by atoms with Crippen LogP contribution in [0, 0.1) is 0 Å². The number of carbonyl (C=O) groups excluding carboxylic acids is 1. The minimum atomic E-state index is -0.197. The first kappa shape index (κ1) is 18.4. The van der Waals surface area contributed by atoms with Crippen molar-refractivity contribution in [2.75, 3.05) is 13.9 Å². The lowest BCUT2D eigenvalue weighted by Crippen LogP contribution is -2.15. The molecule has 3 aromatic carbocycles. The fourth-order valence-corrected chi connectivity index (χ4v) is 2.93. The maximum Gasteiger partial charge on any atom is 0.231 e. The summed E-state index contributed by atoms with van der Waals surface area (Å²) in [5.74, 6) is 1.50. The largest absolute Gasteiger partial charge is 0.493 e. The van der Waals surface area contributed by atoms with Gasteiger partial charge in [0.15, 0.2) is 11.5 Å². The highest BCUT2D eigenvalue weighted by Crippen LogP contribution is 2.41. The third-order valence-electron chi connectivity index (χ3n) is 4.34. The summed E-state index contributed by atoms with van der Waals surface area (Å²) in [6, 6.07) is 21.8. The summed E-state index contributed by atoms with van der Waals surface area (Å²) in [4.78, 5) is 13.0. The number of ketones is 1. The Kier molecular flexibility index (Phi) is 5.33. The van der Waals surface area contributed by atoms with Gasteiger partial charge in [-0.15, -0.1) is 5.10 Å². The molecule has 144 valence electrons. The third-order valence-corrected chi connectivity index (χ3v) is 4.34. The highest BCUT2D eigenvalue weighted by atomic mass is 16.7. The Balaban J connectivity index is 1.68. The highest BCUT2D eigenvalue weighted by Gasteiger charge is 2.20. The van der Waals surface area contributed by atoms with Crippen LogP contribution in [0.15, 0.2) is 83.0 Å². The first-order valence-electron chi connectivity index (χ1n) is 9.00. The molecule has 0 aliphatic carbocycles. The van der Waals surface area contributed by atoms with Gasteiger partial charge in [0.05, 0.1) is 13.3 Å². The van der Waals surface area contributed by atoms with Crippen molar-refractivity contribution in [2.24, 2.45) is 10.2 Å². The number of rotatable bonds is 6. The van der Waals surface area contributed by atoms with E-state index in [0.717, 1.165) is 5.56 Å². The molecule has 1 aliphatic rings. The number of benzene rings is 3. The Hall–Kier alpha value is -3.93. The van der Waals surface area contributed by atoms with E-state index >= 15 is 0 Å². The van der Waals surface area contributed by atoms with Gasteiger partial charge in [-0.2, -0.15) is 5.10 Å². The van der Waals surface area contributed by atoms with E-state index in [1.54, 1.807) is 37.6 Å². The molecule has 0 spiro atoms. The number of methoxy groups -OCH3 is 1. The van der Waals surface area contributed by atoms with Crippen LogP contribution < -0.4 is 14.2 Å². The molecule has 0 unspecified atom stereocenters. The van der Waals surface area contributed by atoms with Gasteiger partial charge in [0.2, 0.25) is 18.3 Å². The molecule has 0 saturated carbocycles. The topological polar surface area (TPSA) is 69.5 Å². The molecule has 4 rings (SSSR count). The van der Waals surface area contributed by atoms with Crippen molar-refractivity contribution >= 4 is 17.7 Å². The normalized spacial score (nSPS) is 12.9. The van der Waals surface area contributed by atoms with Crippen molar-refractivity contribution in [1.29, 1.82) is 0 Å². The first-order chi connectivity index (χ1) is 14.3. The average Bonchev–Trinajstić information content (AvgIpc) is 3.26. The Morgan fingerprint density at radius 1 is 0.966 bits per heavy atom. The fourth-order valence-electron chi connectivity index (χ4n) is 2.93. The molecule has 3 aromatic rings. The van der Waals surface area contributed by atoms with E-state index in [1.165, 1.54) is 0 Å². The summed E-state index contributed by atoms with van der Waals surface area (Å²) in [6.07, 6.45) is 1.55. The van der Waals surface area contributed by atoms with Crippen LogP contribution in [0.5, 0.6) is 17.2 Å². The van der Waals surface area contributed by atoms with E-state index in [-0.39, 0.29) is 18.3 Å². The summed E-state index contributed by atoms with van der Waals surface area (Å²) >= 11 is 0. The Morgan fingerprint density at radius 3 is 2.34 bits per heavy atom. The van der Waals surface area contributed by atoms with Gasteiger partial charge >= 0.3 is 0 Å². The molecule has 0 fully saturated rings. The Bertz CT molecular complexity index is 1080. The third kappa shape index (κ3) is 4.01. The number of ether oxygens (including phenoxy) is 3. The first-order valence-corrected chi connectivity index (χ1v) is 9.00. The van der Waals surface area contributed by atoms with Gasteiger partial charge in [-0.1, -0.05) is 60.7 Å². The van der Waals surface area contributed by atoms with Crippen LogP contribution in [0.4, 0.5) is 0 Å². The summed E-state index contributed by atoms with van der Waals surface area (Å²) in [5.41, 5.74) is 2.23. The predicted octanol–water partition coefficient (Wildman–Crippen LogP) is 4.13. The van der Waals surface area contributed by atoms with Crippen LogP contribution >= 0.6 is 0 Å². The van der Waals surface area contributed by atoms with Gasteiger partial charge < -0.3 is 14.2 Å². The molecule has 1 heterocycles. The lowest BCUT2D eigenvalue weighted by atomic mass is 10.0. The van der Waals surface area contributed by atoms with Gasteiger partial charge in [-0.05, 0) is 12.1 Å². The lowest BCUT2D eigenvalue weighted by Gasteiger charge is -2.06. The SMILES string of the molecule is COc1cc(/C=N\N=C(/C(=O)c2ccccc2)c2ccccc2)cc2c1OCO2. The second-order valence-corrected chi connectivity index (χ2v) is 6.21. The van der Waals surface area contributed by atoms with Gasteiger partial charge in [-0.25, -0.2) is 0 Å². The van der Waals surface area contributed by atoms with Crippen molar-refractivity contribution in [1.82, 2.24) is 0 Å². The summed E-state index contributed by atoms with van der Waals surface area (Å²) in [7, 11) is 1.56. The summed E-state index contributed by atoms with van der Waals surface area (Å²) < 4.78 is 16.1. The zero-order valence-corrected chi connectivity index (χ0v) is 15.7. The number of fused-ring (bicyclic) bond motifs is 1. The number of Topliss-reactive ketones (excluding diaryl/α,β-unsaturated/α-hetero) is 1. The number of nitrogens with zero attached hydrogens (tertiary/aromatic N) is 2. The maximum atomic E-state index is 13.0. The second-order valence-electron chi connectivity index (χ2n) is 6.21. The lowest BCUT2D eigenvalue weighted by molar-refractivity contribution is 0.106. The summed E-state index contributed by atoms with van der Waals surface area (Å²) in [5, 5.41) is 8.39. The van der Waals surface area contributed by atoms with Crippen LogP contribution in [-0.4, -0.2) is 31.6 Å². The Labute approximate surface area is 168 Å². The maximum absolute atomic E-state index is 13.0. The van der Waals surface area contributed by atoms with E-state index < -0.39 is 0 Å². The van der Waals surface area contributed by atoms with E-state index in [9.17, 15) is 4.79 Å². The van der Waals surface area contributed by atoms with Crippen LogP contribution in [0.1, 0.15) is 21.5 Å². The fraction of sp³-hybridized carbons (Fsp3) is 0.0870. The minimum Gasteiger partial charge on any atom is -0.493 e. The molecular weight excluding hydrogens is 368 g/mol. The molecule has 6 nitrogen and oxygen atoms in total. The molecule has 6 heteroatoms. The molecular formula is C23H18N2O4. The molecule has 0 radical (unpaired) electrons. The molecule has 0 saturated heterocycles. The van der Waals surface area contributed by atoms with E-state index in [2.05, 4.69) is 10.2 Å². The van der Waals surface area contributed by atoms with E-state index in [0.29, 0.717) is 28.4 Å². The molecule has 29 heavy (non-hydrogen) atoms. The number of hydrogen-bond donors (Lipinski definition) is 0. The molecule has 0 aromatic heterocycles. The van der Waals surface area contributed by atoms with Gasteiger partial charge in [-0.3, -0.25) is 4.79 Å². The van der Waals surface area contributed by atoms with E-state index in [4.69, 9.17) is 14.2 Å². The molecule has 0 N–H and O–H groups in total. The molecule has 0 atom stereocenters. The van der Waals surface area contributed by atoms with Gasteiger partial charge in [0.25, 0.3) is 0 Å². The van der Waals surface area contributed by atoms with Gasteiger partial charge in [0, 0.05) is 16.7 Å². The smallest absolute Gasteiger partial charge is 0.231 e. The zero-order valence-electron chi connectivity index (χ0n) is 15.7. The predicted molar refractivity (Wildman–Crippen MR) is 110 cm³/mol. The van der Waals surface area contributed by atoms with Crippen LogP contribution in [0.2, 0.25) is 0 Å². The highest BCUT2D eigenvalue weighted by molar-refractivity contribution is 6.51. The van der Waals surface area contributed by atoms with Crippen molar-refractivity contribution in [3.63, 3.8) is 0 Å². The zero-order chi connectivity index (χ0) is 20.1. The van der Waals surface area contributed by atoms with Crippen molar-refractivity contribution < 1.29 is 19.0 Å². The molecule has 0 bridgehead atoms. The van der Waals surface area contributed by atoms with Crippen LogP contribution in [0.3, 0.4) is 0 Å². The quantitative estimate of drug-likeness (QED) is 0.363. The minimum absolute atomic E-state index is 0.147. The molecule has 1 aliphatic heterocycles. The molecule has 0 amide bonds. The van der Waals surface area contributed by atoms with Crippen molar-refractivity contribution in [3.8, 4) is 17.2 Å². The van der Waals surface area contributed by atoms with Crippen LogP contribution in [0.25, 0.3) is 0 Å². The van der Waals surface area contributed by atoms with Gasteiger partial charge in [0.1, 0.15) is 5.71 Å². The second kappa shape index (κ2) is 8.39. The van der Waals surface area contributed by atoms with E-state index in [1.807, 2.05) is 48.5 Å². The number of hydrogen-bond acceptors (Lipinski definition) is 6. The number of carbonyl (C=O) groups is 1. The Morgan fingerprint density at radius 2 is 1.66 bits per heavy atom. The monoisotopic (exact) mass is 386 g/mol. The standard InChI is InChI=1S/C23H18N2O4/c1-27-19-12-16(13-20-23(19)29-15-28-20)14-24-25-21(17-8-4-2-5-9-17)22(26)18-10-6-3-7-11-18/h2-14H,15H2,1H3/b24-14-,25-21-.